The molecule has 24 heavy (non-hydrogen) atoms. The van der Waals surface area contributed by atoms with Crippen LogP contribution in [0.3, 0.4) is 0 Å². The highest BCUT2D eigenvalue weighted by Gasteiger charge is 2.14. The SMILES string of the molecule is C=C1N=NC(=O)N/C1=N/N=C/c1c(OCC)ccc2ccccc12. The second kappa shape index (κ2) is 6.82. The maximum absolute atomic E-state index is 11.2. The van der Waals surface area contributed by atoms with Crippen LogP contribution in [0.1, 0.15) is 12.5 Å². The van der Waals surface area contributed by atoms with Gasteiger partial charge in [0.2, 0.25) is 0 Å². The number of urea groups is 1. The second-order valence-electron chi connectivity index (χ2n) is 4.90. The van der Waals surface area contributed by atoms with E-state index in [1.807, 2.05) is 43.3 Å². The van der Waals surface area contributed by atoms with Crippen molar-refractivity contribution in [3.05, 3.63) is 54.2 Å². The van der Waals surface area contributed by atoms with Gasteiger partial charge in [-0.3, -0.25) is 5.32 Å². The van der Waals surface area contributed by atoms with Crippen LogP contribution < -0.4 is 10.1 Å². The Morgan fingerprint density at radius 3 is 2.92 bits per heavy atom. The Morgan fingerprint density at radius 2 is 2.08 bits per heavy atom. The largest absolute Gasteiger partial charge is 0.493 e. The Labute approximate surface area is 138 Å². The Bertz CT molecular complexity index is 899. The molecule has 1 aliphatic rings. The molecule has 0 spiro atoms. The predicted molar refractivity (Wildman–Crippen MR) is 92.7 cm³/mol. The van der Waals surface area contributed by atoms with Gasteiger partial charge in [0, 0.05) is 5.56 Å². The van der Waals surface area contributed by atoms with E-state index in [0.29, 0.717) is 12.4 Å². The summed E-state index contributed by atoms with van der Waals surface area (Å²) in [4.78, 5) is 11.2. The zero-order valence-electron chi connectivity index (χ0n) is 13.1. The summed E-state index contributed by atoms with van der Waals surface area (Å²) >= 11 is 0. The number of hydrogen-bond acceptors (Lipinski definition) is 5. The van der Waals surface area contributed by atoms with Gasteiger partial charge in [-0.25, -0.2) is 4.79 Å². The van der Waals surface area contributed by atoms with Gasteiger partial charge >= 0.3 is 6.03 Å². The lowest BCUT2D eigenvalue weighted by atomic mass is 10.0. The summed E-state index contributed by atoms with van der Waals surface area (Å²) in [5.41, 5.74) is 1.06. The molecule has 0 aliphatic carbocycles. The summed E-state index contributed by atoms with van der Waals surface area (Å²) in [5.74, 6) is 0.885. The van der Waals surface area contributed by atoms with Crippen molar-refractivity contribution in [2.75, 3.05) is 6.61 Å². The monoisotopic (exact) mass is 321 g/mol. The van der Waals surface area contributed by atoms with E-state index in [1.165, 1.54) is 0 Å². The summed E-state index contributed by atoms with van der Waals surface area (Å²) in [6.45, 7) is 6.11. The molecule has 0 atom stereocenters. The molecule has 3 rings (SSSR count). The summed E-state index contributed by atoms with van der Waals surface area (Å²) in [5, 5.41) is 19.4. The lowest BCUT2D eigenvalue weighted by Crippen LogP contribution is -2.31. The molecule has 7 heteroatoms. The van der Waals surface area contributed by atoms with Crippen molar-refractivity contribution >= 4 is 28.9 Å². The molecule has 0 aromatic heterocycles. The number of fused-ring (bicyclic) bond motifs is 1. The number of nitrogens with one attached hydrogen (secondary N) is 1. The van der Waals surface area contributed by atoms with Gasteiger partial charge in [-0.2, -0.15) is 5.10 Å². The minimum Gasteiger partial charge on any atom is -0.493 e. The smallest absolute Gasteiger partial charge is 0.365 e. The first-order valence-electron chi connectivity index (χ1n) is 7.36. The summed E-state index contributed by atoms with van der Waals surface area (Å²) in [7, 11) is 0. The fraction of sp³-hybridized carbons (Fsp3) is 0.118. The fourth-order valence-corrected chi connectivity index (χ4v) is 2.27. The molecule has 1 N–H and O–H groups in total. The Kier molecular flexibility index (Phi) is 4.42. The lowest BCUT2D eigenvalue weighted by Gasteiger charge is -2.10. The van der Waals surface area contributed by atoms with Crippen LogP contribution in [0, 0.1) is 0 Å². The average molecular weight is 321 g/mol. The third kappa shape index (κ3) is 3.19. The highest BCUT2D eigenvalue weighted by molar-refractivity contribution is 6.09. The van der Waals surface area contributed by atoms with Gasteiger partial charge in [-0.15, -0.1) is 10.2 Å². The number of rotatable bonds is 4. The number of hydrogen-bond donors (Lipinski definition) is 1. The number of carbonyl (C=O) groups is 1. The van der Waals surface area contributed by atoms with E-state index in [9.17, 15) is 4.79 Å². The maximum atomic E-state index is 11.2. The van der Waals surface area contributed by atoms with E-state index >= 15 is 0 Å². The number of azo groups is 1. The molecule has 2 amide bonds. The van der Waals surface area contributed by atoms with Gasteiger partial charge in [-0.05, 0) is 23.8 Å². The molecular weight excluding hydrogens is 306 g/mol. The number of amides is 2. The number of amidine groups is 1. The summed E-state index contributed by atoms with van der Waals surface area (Å²) in [6.07, 6.45) is 1.59. The molecule has 120 valence electrons. The van der Waals surface area contributed by atoms with Crippen LogP contribution in [-0.2, 0) is 0 Å². The predicted octanol–water partition coefficient (Wildman–Crippen LogP) is 3.66. The van der Waals surface area contributed by atoms with Gasteiger partial charge in [0.15, 0.2) is 5.84 Å². The molecule has 0 saturated carbocycles. The van der Waals surface area contributed by atoms with Gasteiger partial charge in [0.05, 0.1) is 12.8 Å². The van der Waals surface area contributed by atoms with Crippen molar-refractivity contribution in [2.24, 2.45) is 20.4 Å². The van der Waals surface area contributed by atoms with Gasteiger partial charge in [0.25, 0.3) is 0 Å². The van der Waals surface area contributed by atoms with E-state index in [0.717, 1.165) is 16.3 Å². The Morgan fingerprint density at radius 1 is 1.25 bits per heavy atom. The summed E-state index contributed by atoms with van der Waals surface area (Å²) in [6, 6.07) is 11.2. The third-order valence-electron chi connectivity index (χ3n) is 3.34. The van der Waals surface area contributed by atoms with Crippen LogP contribution in [-0.4, -0.2) is 24.7 Å². The van der Waals surface area contributed by atoms with Crippen LogP contribution >= 0.6 is 0 Å². The first-order valence-corrected chi connectivity index (χ1v) is 7.36. The van der Waals surface area contributed by atoms with Crippen LogP contribution in [0.25, 0.3) is 10.8 Å². The third-order valence-corrected chi connectivity index (χ3v) is 3.34. The molecule has 0 unspecified atom stereocenters. The topological polar surface area (TPSA) is 87.8 Å². The Hall–Kier alpha value is -3.35. The van der Waals surface area contributed by atoms with Crippen molar-refractivity contribution in [3.8, 4) is 5.75 Å². The fourth-order valence-electron chi connectivity index (χ4n) is 2.27. The molecule has 0 fully saturated rings. The van der Waals surface area contributed by atoms with E-state index in [-0.39, 0.29) is 11.5 Å². The van der Waals surface area contributed by atoms with Crippen molar-refractivity contribution < 1.29 is 9.53 Å². The highest BCUT2D eigenvalue weighted by atomic mass is 16.5. The normalized spacial score (nSPS) is 16.1. The first-order chi connectivity index (χ1) is 11.7. The van der Waals surface area contributed by atoms with E-state index in [2.05, 4.69) is 32.3 Å². The molecule has 0 saturated heterocycles. The summed E-state index contributed by atoms with van der Waals surface area (Å²) < 4.78 is 5.67. The first kappa shape index (κ1) is 15.5. The molecule has 2 aromatic carbocycles. The molecule has 1 aliphatic heterocycles. The van der Waals surface area contributed by atoms with Crippen LogP contribution in [0.5, 0.6) is 5.75 Å². The molecular formula is C17H15N5O2. The van der Waals surface area contributed by atoms with E-state index in [4.69, 9.17) is 4.74 Å². The van der Waals surface area contributed by atoms with Gasteiger partial charge in [0.1, 0.15) is 11.4 Å². The minimum atomic E-state index is -0.600. The standard InChI is InChI=1S/C17H15N5O2/c1-3-24-15-9-8-12-6-4-5-7-13(12)14(15)10-18-21-16-11(2)20-22-17(23)19-16/h4-10H,2-3H2,1H3,(H,19,21,23)/b18-10+. The average Bonchev–Trinajstić information content (AvgIpc) is 2.59. The molecule has 1 heterocycles. The molecule has 0 radical (unpaired) electrons. The zero-order chi connectivity index (χ0) is 16.9. The highest BCUT2D eigenvalue weighted by Crippen LogP contribution is 2.26. The van der Waals surface area contributed by atoms with E-state index in [1.54, 1.807) is 6.21 Å². The van der Waals surface area contributed by atoms with Crippen LogP contribution in [0.4, 0.5) is 4.79 Å². The molecule has 7 nitrogen and oxygen atoms in total. The number of ether oxygens (including phenoxy) is 1. The molecule has 0 bridgehead atoms. The minimum absolute atomic E-state index is 0.171. The number of benzene rings is 2. The van der Waals surface area contributed by atoms with Gasteiger partial charge < -0.3 is 4.74 Å². The van der Waals surface area contributed by atoms with Crippen molar-refractivity contribution in [3.63, 3.8) is 0 Å². The van der Waals surface area contributed by atoms with Crippen molar-refractivity contribution in [1.29, 1.82) is 0 Å². The van der Waals surface area contributed by atoms with Crippen molar-refractivity contribution in [1.82, 2.24) is 5.32 Å². The Balaban J connectivity index is 1.99. The molecule has 2 aromatic rings. The zero-order valence-corrected chi connectivity index (χ0v) is 13.1. The number of carbonyl (C=O) groups excluding carboxylic acids is 1. The quantitative estimate of drug-likeness (QED) is 0.688. The maximum Gasteiger partial charge on any atom is 0.365 e. The van der Waals surface area contributed by atoms with Crippen LogP contribution in [0.15, 0.2) is 69.1 Å². The second-order valence-corrected chi connectivity index (χ2v) is 4.90. The van der Waals surface area contributed by atoms with E-state index < -0.39 is 6.03 Å². The van der Waals surface area contributed by atoms with Crippen LogP contribution in [0.2, 0.25) is 0 Å². The van der Waals surface area contributed by atoms with Crippen molar-refractivity contribution in [2.45, 2.75) is 6.92 Å². The lowest BCUT2D eigenvalue weighted by molar-refractivity contribution is 0.251. The number of nitrogens with zero attached hydrogens (tertiary/aromatic N) is 4. The van der Waals surface area contributed by atoms with Gasteiger partial charge in [-0.1, -0.05) is 42.0 Å².